The highest BCUT2D eigenvalue weighted by atomic mass is 32.1. The van der Waals surface area contributed by atoms with Crippen LogP contribution in [-0.2, 0) is 5.54 Å². The number of rotatable bonds is 4. The first-order valence-corrected chi connectivity index (χ1v) is 8.82. The normalized spacial score (nSPS) is 29.6. The van der Waals surface area contributed by atoms with Gasteiger partial charge in [-0.1, -0.05) is 27.7 Å². The fraction of sp³-hybridized carbons (Fsp3) is 0.824. The molecule has 0 amide bonds. The average molecular weight is 295 g/mol. The Morgan fingerprint density at radius 2 is 2.00 bits per heavy atom. The van der Waals surface area contributed by atoms with Gasteiger partial charge < -0.3 is 5.32 Å². The van der Waals surface area contributed by atoms with Crippen LogP contribution in [0.4, 0.5) is 0 Å². The molecule has 1 aromatic heterocycles. The lowest BCUT2D eigenvalue weighted by molar-refractivity contribution is 0.0715. The maximum Gasteiger partial charge on any atom is 0.114 e. The fourth-order valence-corrected chi connectivity index (χ4v) is 4.78. The van der Waals surface area contributed by atoms with Crippen molar-refractivity contribution in [3.8, 4) is 0 Å². The van der Waals surface area contributed by atoms with E-state index in [-0.39, 0.29) is 5.54 Å². The molecule has 114 valence electrons. The minimum absolute atomic E-state index is 0.106. The van der Waals surface area contributed by atoms with Gasteiger partial charge in [0.25, 0.3) is 0 Å². The zero-order chi connectivity index (χ0) is 15.0. The molecule has 2 unspecified atom stereocenters. The molecule has 1 fully saturated rings. The van der Waals surface area contributed by atoms with Crippen LogP contribution in [0.5, 0.6) is 0 Å². The van der Waals surface area contributed by atoms with Crippen molar-refractivity contribution in [3.63, 3.8) is 0 Å². The molecule has 1 aliphatic rings. The highest BCUT2D eigenvalue weighted by molar-refractivity contribution is 7.11. The molecule has 0 bridgehead atoms. The summed E-state index contributed by atoms with van der Waals surface area (Å²) in [5.74, 6) is 0.641. The molecule has 0 saturated heterocycles. The molecule has 1 N–H and O–H groups in total. The van der Waals surface area contributed by atoms with Crippen molar-refractivity contribution in [2.45, 2.75) is 72.8 Å². The van der Waals surface area contributed by atoms with Crippen molar-refractivity contribution in [1.82, 2.24) is 10.3 Å². The third-order valence-electron chi connectivity index (χ3n) is 5.00. The van der Waals surface area contributed by atoms with Gasteiger partial charge in [0.2, 0.25) is 0 Å². The molecule has 1 saturated carbocycles. The van der Waals surface area contributed by atoms with Crippen LogP contribution in [0, 0.1) is 25.2 Å². The molecule has 1 heterocycles. The van der Waals surface area contributed by atoms with Gasteiger partial charge >= 0.3 is 0 Å². The second kappa shape index (κ2) is 5.76. The van der Waals surface area contributed by atoms with E-state index in [4.69, 9.17) is 4.98 Å². The standard InChI is InChI=1S/C17H30N2S/c1-7-10-18-17(15-19-13(3)14(4)20-15)9-8-16(5,6)11-12(17)2/h12,18H,7-11H2,1-6H3. The van der Waals surface area contributed by atoms with Crippen LogP contribution >= 0.6 is 11.3 Å². The summed E-state index contributed by atoms with van der Waals surface area (Å²) in [6.45, 7) is 14.9. The number of nitrogens with zero attached hydrogens (tertiary/aromatic N) is 1. The van der Waals surface area contributed by atoms with Gasteiger partial charge in [-0.3, -0.25) is 0 Å². The molecule has 0 spiro atoms. The zero-order valence-electron chi connectivity index (χ0n) is 14.0. The molecule has 0 radical (unpaired) electrons. The van der Waals surface area contributed by atoms with Crippen LogP contribution in [0.3, 0.4) is 0 Å². The summed E-state index contributed by atoms with van der Waals surface area (Å²) in [5, 5.41) is 5.20. The van der Waals surface area contributed by atoms with Gasteiger partial charge in [0.1, 0.15) is 5.01 Å². The Morgan fingerprint density at radius 3 is 2.50 bits per heavy atom. The summed E-state index contributed by atoms with van der Waals surface area (Å²) in [7, 11) is 0. The lowest BCUT2D eigenvalue weighted by atomic mass is 9.64. The van der Waals surface area contributed by atoms with Crippen molar-refractivity contribution in [2.24, 2.45) is 11.3 Å². The molecule has 2 nitrogen and oxygen atoms in total. The lowest BCUT2D eigenvalue weighted by Crippen LogP contribution is -2.52. The summed E-state index contributed by atoms with van der Waals surface area (Å²) >= 11 is 1.90. The Morgan fingerprint density at radius 1 is 1.30 bits per heavy atom. The van der Waals surface area contributed by atoms with Gasteiger partial charge in [0, 0.05) is 4.88 Å². The van der Waals surface area contributed by atoms with Crippen LogP contribution in [0.25, 0.3) is 0 Å². The molecule has 0 aliphatic heterocycles. The first-order chi connectivity index (χ1) is 9.31. The Hall–Kier alpha value is -0.410. The Balaban J connectivity index is 2.35. The van der Waals surface area contributed by atoms with E-state index in [0.29, 0.717) is 11.3 Å². The van der Waals surface area contributed by atoms with Crippen LogP contribution in [0.2, 0.25) is 0 Å². The monoisotopic (exact) mass is 294 g/mol. The van der Waals surface area contributed by atoms with E-state index < -0.39 is 0 Å². The minimum atomic E-state index is 0.106. The summed E-state index contributed by atoms with van der Waals surface area (Å²) < 4.78 is 0. The highest BCUT2D eigenvalue weighted by Gasteiger charge is 2.46. The third kappa shape index (κ3) is 2.94. The number of hydrogen-bond donors (Lipinski definition) is 1. The van der Waals surface area contributed by atoms with Gasteiger partial charge in [0.15, 0.2) is 0 Å². The predicted octanol–water partition coefficient (Wildman–Crippen LogP) is 4.80. The summed E-state index contributed by atoms with van der Waals surface area (Å²) in [5.41, 5.74) is 1.78. The molecule has 1 aliphatic carbocycles. The second-order valence-corrected chi connectivity index (χ2v) is 8.53. The molecule has 2 atom stereocenters. The maximum atomic E-state index is 4.91. The summed E-state index contributed by atoms with van der Waals surface area (Å²) in [6, 6.07) is 0. The third-order valence-corrected chi connectivity index (χ3v) is 6.25. The lowest BCUT2D eigenvalue weighted by Gasteiger charge is -2.48. The summed E-state index contributed by atoms with van der Waals surface area (Å²) in [6.07, 6.45) is 4.96. The number of hydrogen-bond acceptors (Lipinski definition) is 3. The van der Waals surface area contributed by atoms with E-state index in [1.54, 1.807) is 0 Å². The second-order valence-electron chi connectivity index (χ2n) is 7.33. The first-order valence-electron chi connectivity index (χ1n) is 8.00. The van der Waals surface area contributed by atoms with Gasteiger partial charge in [-0.2, -0.15) is 0 Å². The largest absolute Gasteiger partial charge is 0.305 e. The van der Waals surface area contributed by atoms with Crippen molar-refractivity contribution in [2.75, 3.05) is 6.54 Å². The van der Waals surface area contributed by atoms with E-state index in [1.165, 1.54) is 41.3 Å². The quantitative estimate of drug-likeness (QED) is 0.862. The van der Waals surface area contributed by atoms with Crippen LogP contribution in [-0.4, -0.2) is 11.5 Å². The zero-order valence-corrected chi connectivity index (χ0v) is 14.8. The molecule has 2 rings (SSSR count). The van der Waals surface area contributed by atoms with Gasteiger partial charge in [-0.05, 0) is 57.4 Å². The molecular weight excluding hydrogens is 264 g/mol. The molecule has 3 heteroatoms. The van der Waals surface area contributed by atoms with Crippen molar-refractivity contribution < 1.29 is 0 Å². The molecule has 0 aromatic carbocycles. The van der Waals surface area contributed by atoms with Crippen molar-refractivity contribution >= 4 is 11.3 Å². The van der Waals surface area contributed by atoms with E-state index >= 15 is 0 Å². The van der Waals surface area contributed by atoms with Crippen LogP contribution in [0.1, 0.15) is 69.0 Å². The minimum Gasteiger partial charge on any atom is -0.305 e. The van der Waals surface area contributed by atoms with E-state index in [0.717, 1.165) is 6.54 Å². The number of nitrogens with one attached hydrogen (secondary N) is 1. The maximum absolute atomic E-state index is 4.91. The van der Waals surface area contributed by atoms with Crippen molar-refractivity contribution in [3.05, 3.63) is 15.6 Å². The Kier molecular flexibility index (Phi) is 4.60. The fourth-order valence-electron chi connectivity index (χ4n) is 3.55. The van der Waals surface area contributed by atoms with Gasteiger partial charge in [0.05, 0.1) is 11.2 Å². The van der Waals surface area contributed by atoms with Gasteiger partial charge in [-0.15, -0.1) is 11.3 Å². The smallest absolute Gasteiger partial charge is 0.114 e. The SMILES string of the molecule is CCCNC1(c2nc(C)c(C)s2)CCC(C)(C)CC1C. The highest BCUT2D eigenvalue weighted by Crippen LogP contribution is 2.49. The number of thiazole rings is 1. The first kappa shape index (κ1) is 16.0. The van der Waals surface area contributed by atoms with Gasteiger partial charge in [-0.25, -0.2) is 4.98 Å². The van der Waals surface area contributed by atoms with E-state index in [9.17, 15) is 0 Å². The van der Waals surface area contributed by atoms with Crippen LogP contribution < -0.4 is 5.32 Å². The average Bonchev–Trinajstić information content (AvgIpc) is 2.69. The van der Waals surface area contributed by atoms with Crippen LogP contribution in [0.15, 0.2) is 0 Å². The number of aryl methyl sites for hydroxylation is 2. The van der Waals surface area contributed by atoms with Crippen molar-refractivity contribution in [1.29, 1.82) is 0 Å². The summed E-state index contributed by atoms with van der Waals surface area (Å²) in [4.78, 5) is 6.28. The molecule has 1 aromatic rings. The van der Waals surface area contributed by atoms with E-state index in [2.05, 4.69) is 46.9 Å². The topological polar surface area (TPSA) is 24.9 Å². The molecule has 20 heavy (non-hydrogen) atoms. The van der Waals surface area contributed by atoms with E-state index in [1.807, 2.05) is 11.3 Å². The Bertz CT molecular complexity index is 444. The number of aromatic nitrogens is 1. The Labute approximate surface area is 128 Å². The predicted molar refractivity (Wildman–Crippen MR) is 88.4 cm³/mol. The molecular formula is C17H30N2S.